The Kier molecular flexibility index (Phi) is 8.85. The van der Waals surface area contributed by atoms with E-state index in [1.165, 1.54) is 25.7 Å². The molecule has 1 fully saturated rings. The van der Waals surface area contributed by atoms with Crippen LogP contribution in [0.1, 0.15) is 45.4 Å². The summed E-state index contributed by atoms with van der Waals surface area (Å²) in [6.45, 7) is 2.02. The monoisotopic (exact) mass is 288 g/mol. The molecule has 1 rings (SSSR count). The minimum absolute atomic E-state index is 0.0762. The Labute approximate surface area is 121 Å². The average molecular weight is 288 g/mol. The molecule has 0 aliphatic carbocycles. The highest BCUT2D eigenvalue weighted by molar-refractivity contribution is 4.90. The molecule has 4 atom stereocenters. The molecule has 0 amide bonds. The summed E-state index contributed by atoms with van der Waals surface area (Å²) in [4.78, 5) is 0. The average Bonchev–Trinajstić information content (AvgIpc) is 2.78. The quantitative estimate of drug-likeness (QED) is 0.418. The van der Waals surface area contributed by atoms with Gasteiger partial charge in [-0.3, -0.25) is 0 Å². The standard InChI is InChI=1S/C15H28O5/c1-2-3-4-5-6-7-8-9-19-13(10-16)15-14(18)12(17)11-20-15/h8-9,12-18H,2-7,10-11H2,1H3/b9-8+/t12-,13+,14+,15+/m0/s1. The van der Waals surface area contributed by atoms with Crippen molar-refractivity contribution >= 4 is 0 Å². The number of ether oxygens (including phenoxy) is 2. The van der Waals surface area contributed by atoms with Gasteiger partial charge in [-0.15, -0.1) is 0 Å². The van der Waals surface area contributed by atoms with E-state index in [4.69, 9.17) is 9.47 Å². The topological polar surface area (TPSA) is 79.2 Å². The fraction of sp³-hybridized carbons (Fsp3) is 0.867. The predicted molar refractivity (Wildman–Crippen MR) is 76.2 cm³/mol. The summed E-state index contributed by atoms with van der Waals surface area (Å²) in [5, 5.41) is 28.3. The maximum Gasteiger partial charge on any atom is 0.149 e. The first-order chi connectivity index (χ1) is 9.70. The van der Waals surface area contributed by atoms with Crippen molar-refractivity contribution < 1.29 is 24.8 Å². The Balaban J connectivity index is 2.18. The summed E-state index contributed by atoms with van der Waals surface area (Å²) in [6.07, 6.45) is 7.34. The van der Waals surface area contributed by atoms with E-state index in [0.29, 0.717) is 0 Å². The molecule has 0 aromatic rings. The molecule has 1 heterocycles. The molecule has 0 radical (unpaired) electrons. The molecule has 20 heavy (non-hydrogen) atoms. The summed E-state index contributed by atoms with van der Waals surface area (Å²) in [7, 11) is 0. The summed E-state index contributed by atoms with van der Waals surface area (Å²) in [5.41, 5.74) is 0. The first-order valence-electron chi connectivity index (χ1n) is 7.59. The molecule has 0 bridgehead atoms. The summed E-state index contributed by atoms with van der Waals surface area (Å²) in [5.74, 6) is 0. The van der Waals surface area contributed by atoms with Gasteiger partial charge in [0.15, 0.2) is 0 Å². The third-order valence-corrected chi connectivity index (χ3v) is 3.56. The van der Waals surface area contributed by atoms with Crippen LogP contribution in [0, 0.1) is 0 Å². The number of aliphatic hydroxyl groups is 3. The number of rotatable bonds is 10. The van der Waals surface area contributed by atoms with E-state index in [-0.39, 0.29) is 13.2 Å². The lowest BCUT2D eigenvalue weighted by Crippen LogP contribution is -2.41. The largest absolute Gasteiger partial charge is 0.493 e. The van der Waals surface area contributed by atoms with Crippen molar-refractivity contribution in [3.05, 3.63) is 12.3 Å². The van der Waals surface area contributed by atoms with E-state index in [0.717, 1.165) is 12.8 Å². The highest BCUT2D eigenvalue weighted by Gasteiger charge is 2.40. The third kappa shape index (κ3) is 5.79. The van der Waals surface area contributed by atoms with Crippen LogP contribution in [0.25, 0.3) is 0 Å². The number of aliphatic hydroxyl groups excluding tert-OH is 3. The second kappa shape index (κ2) is 10.2. The number of unbranched alkanes of at least 4 members (excludes halogenated alkanes) is 5. The number of allylic oxidation sites excluding steroid dienone is 1. The number of hydrogen-bond donors (Lipinski definition) is 3. The molecule has 0 saturated carbocycles. The van der Waals surface area contributed by atoms with E-state index < -0.39 is 24.4 Å². The van der Waals surface area contributed by atoms with Gasteiger partial charge in [-0.1, -0.05) is 32.6 Å². The van der Waals surface area contributed by atoms with Gasteiger partial charge in [0.05, 0.1) is 19.5 Å². The molecular weight excluding hydrogens is 260 g/mol. The first-order valence-corrected chi connectivity index (χ1v) is 7.59. The molecular formula is C15H28O5. The van der Waals surface area contributed by atoms with Gasteiger partial charge in [0.1, 0.15) is 24.4 Å². The molecule has 1 aliphatic rings. The third-order valence-electron chi connectivity index (χ3n) is 3.56. The fourth-order valence-corrected chi connectivity index (χ4v) is 2.27. The van der Waals surface area contributed by atoms with Crippen LogP contribution in [-0.2, 0) is 9.47 Å². The van der Waals surface area contributed by atoms with Gasteiger partial charge in [0.2, 0.25) is 0 Å². The zero-order valence-electron chi connectivity index (χ0n) is 12.3. The van der Waals surface area contributed by atoms with E-state index in [9.17, 15) is 15.3 Å². The van der Waals surface area contributed by atoms with Gasteiger partial charge in [-0.05, 0) is 18.9 Å². The lowest BCUT2D eigenvalue weighted by Gasteiger charge is -2.23. The smallest absolute Gasteiger partial charge is 0.149 e. The van der Waals surface area contributed by atoms with Gasteiger partial charge in [0, 0.05) is 0 Å². The Bertz CT molecular complexity index is 269. The highest BCUT2D eigenvalue weighted by Crippen LogP contribution is 2.19. The zero-order valence-corrected chi connectivity index (χ0v) is 12.3. The van der Waals surface area contributed by atoms with Crippen LogP contribution < -0.4 is 0 Å². The first kappa shape index (κ1) is 17.4. The minimum Gasteiger partial charge on any atom is -0.493 e. The lowest BCUT2D eigenvalue weighted by atomic mass is 10.1. The Morgan fingerprint density at radius 1 is 1.25 bits per heavy atom. The van der Waals surface area contributed by atoms with Crippen LogP contribution in [0.2, 0.25) is 0 Å². The Hall–Kier alpha value is -0.620. The predicted octanol–water partition coefficient (Wildman–Crippen LogP) is 1.36. The van der Waals surface area contributed by atoms with Crippen molar-refractivity contribution in [1.82, 2.24) is 0 Å². The highest BCUT2D eigenvalue weighted by atomic mass is 16.6. The molecule has 0 aromatic carbocycles. The molecule has 118 valence electrons. The minimum atomic E-state index is -1.01. The van der Waals surface area contributed by atoms with Crippen molar-refractivity contribution in [1.29, 1.82) is 0 Å². The van der Waals surface area contributed by atoms with Crippen LogP contribution in [-0.4, -0.2) is 52.9 Å². The van der Waals surface area contributed by atoms with Crippen molar-refractivity contribution in [2.24, 2.45) is 0 Å². The number of hydrogen-bond acceptors (Lipinski definition) is 5. The van der Waals surface area contributed by atoms with Crippen molar-refractivity contribution in [3.63, 3.8) is 0 Å². The second-order valence-corrected chi connectivity index (χ2v) is 5.29. The van der Waals surface area contributed by atoms with Crippen LogP contribution in [0.5, 0.6) is 0 Å². The van der Waals surface area contributed by atoms with Crippen molar-refractivity contribution in [2.45, 2.75) is 69.9 Å². The van der Waals surface area contributed by atoms with Crippen LogP contribution >= 0.6 is 0 Å². The normalized spacial score (nSPS) is 28.1. The molecule has 5 heteroatoms. The molecule has 3 N–H and O–H groups in total. The molecule has 0 unspecified atom stereocenters. The molecule has 0 aromatic heterocycles. The van der Waals surface area contributed by atoms with E-state index in [1.54, 1.807) is 6.26 Å². The van der Waals surface area contributed by atoms with Gasteiger partial charge < -0.3 is 24.8 Å². The Morgan fingerprint density at radius 3 is 2.60 bits per heavy atom. The lowest BCUT2D eigenvalue weighted by molar-refractivity contribution is -0.0737. The molecule has 0 spiro atoms. The van der Waals surface area contributed by atoms with Crippen LogP contribution in [0.3, 0.4) is 0 Å². The second-order valence-electron chi connectivity index (χ2n) is 5.29. The fourth-order valence-electron chi connectivity index (χ4n) is 2.27. The zero-order chi connectivity index (χ0) is 14.8. The van der Waals surface area contributed by atoms with Gasteiger partial charge >= 0.3 is 0 Å². The van der Waals surface area contributed by atoms with E-state index >= 15 is 0 Å². The summed E-state index contributed by atoms with van der Waals surface area (Å²) >= 11 is 0. The van der Waals surface area contributed by atoms with Crippen molar-refractivity contribution in [2.75, 3.05) is 13.2 Å². The van der Waals surface area contributed by atoms with E-state index in [2.05, 4.69) is 6.92 Å². The summed E-state index contributed by atoms with van der Waals surface area (Å²) < 4.78 is 10.6. The van der Waals surface area contributed by atoms with Gasteiger partial charge in [0.25, 0.3) is 0 Å². The molecule has 5 nitrogen and oxygen atoms in total. The van der Waals surface area contributed by atoms with Crippen LogP contribution in [0.15, 0.2) is 12.3 Å². The van der Waals surface area contributed by atoms with Gasteiger partial charge in [-0.25, -0.2) is 0 Å². The molecule has 1 aliphatic heterocycles. The SMILES string of the molecule is CCCCCCC/C=C/O[C@H](CO)[C@H]1OC[C@H](O)[C@H]1O. The summed E-state index contributed by atoms with van der Waals surface area (Å²) in [6, 6.07) is 0. The van der Waals surface area contributed by atoms with E-state index in [1.807, 2.05) is 6.08 Å². The van der Waals surface area contributed by atoms with Gasteiger partial charge in [-0.2, -0.15) is 0 Å². The molecule has 1 saturated heterocycles. The van der Waals surface area contributed by atoms with Crippen LogP contribution in [0.4, 0.5) is 0 Å². The van der Waals surface area contributed by atoms with Crippen molar-refractivity contribution in [3.8, 4) is 0 Å². The maximum absolute atomic E-state index is 9.69. The Morgan fingerprint density at radius 2 is 2.00 bits per heavy atom. The maximum atomic E-state index is 9.69.